The van der Waals surface area contributed by atoms with Gasteiger partial charge in [0.15, 0.2) is 0 Å². The fourth-order valence-electron chi connectivity index (χ4n) is 2.49. The highest BCUT2D eigenvalue weighted by molar-refractivity contribution is 6.31. The van der Waals surface area contributed by atoms with E-state index in [1.54, 1.807) is 0 Å². The second-order valence-electron chi connectivity index (χ2n) is 6.67. The molecule has 1 aromatic carbocycles. The van der Waals surface area contributed by atoms with Gasteiger partial charge in [-0.1, -0.05) is 44.5 Å². The highest BCUT2D eigenvalue weighted by atomic mass is 35.5. The molecule has 2 rings (SSSR count). The summed E-state index contributed by atoms with van der Waals surface area (Å²) >= 11 is 6.43. The third-order valence-corrected chi connectivity index (χ3v) is 4.30. The summed E-state index contributed by atoms with van der Waals surface area (Å²) < 4.78 is 0. The molecule has 1 fully saturated rings. The summed E-state index contributed by atoms with van der Waals surface area (Å²) in [4.78, 5) is 2.45. The number of nitrogens with zero attached hydrogens (tertiary/aromatic N) is 1. The Bertz CT molecular complexity index is 429. The van der Waals surface area contributed by atoms with E-state index < -0.39 is 0 Å². The molecule has 0 atom stereocenters. The molecule has 0 aromatic heterocycles. The molecule has 3 heteroatoms. The molecule has 1 aromatic rings. The maximum absolute atomic E-state index is 6.43. The van der Waals surface area contributed by atoms with E-state index in [9.17, 15) is 0 Å². The zero-order valence-corrected chi connectivity index (χ0v) is 13.0. The fraction of sp³-hybridized carbons (Fsp3) is 0.625. The Kier molecular flexibility index (Phi) is 4.54. The van der Waals surface area contributed by atoms with Crippen molar-refractivity contribution in [1.82, 2.24) is 4.90 Å². The summed E-state index contributed by atoms with van der Waals surface area (Å²) in [6.07, 6.45) is 2.19. The van der Waals surface area contributed by atoms with E-state index in [4.69, 9.17) is 17.3 Å². The van der Waals surface area contributed by atoms with Crippen molar-refractivity contribution in [3.05, 3.63) is 34.3 Å². The zero-order valence-electron chi connectivity index (χ0n) is 12.2. The second-order valence-corrected chi connectivity index (χ2v) is 7.08. The highest BCUT2D eigenvalue weighted by Gasteiger charge is 2.18. The first-order valence-electron chi connectivity index (χ1n) is 7.13. The van der Waals surface area contributed by atoms with Crippen LogP contribution in [0, 0.1) is 0 Å². The lowest BCUT2D eigenvalue weighted by atomic mass is 9.86. The molecule has 1 saturated heterocycles. The summed E-state index contributed by atoms with van der Waals surface area (Å²) in [5.74, 6) is 0. The third-order valence-electron chi connectivity index (χ3n) is 3.95. The number of benzene rings is 1. The Morgan fingerprint density at radius 1 is 1.26 bits per heavy atom. The van der Waals surface area contributed by atoms with Gasteiger partial charge in [-0.05, 0) is 48.5 Å². The molecule has 0 unspecified atom stereocenters. The largest absolute Gasteiger partial charge is 0.328 e. The van der Waals surface area contributed by atoms with E-state index in [1.807, 2.05) is 0 Å². The third kappa shape index (κ3) is 3.95. The molecule has 1 aliphatic rings. The van der Waals surface area contributed by atoms with Crippen molar-refractivity contribution in [2.24, 2.45) is 5.73 Å². The fourth-order valence-corrected chi connectivity index (χ4v) is 2.73. The molecule has 106 valence electrons. The van der Waals surface area contributed by atoms with Gasteiger partial charge >= 0.3 is 0 Å². The van der Waals surface area contributed by atoms with Crippen molar-refractivity contribution >= 4 is 11.6 Å². The van der Waals surface area contributed by atoms with Crippen LogP contribution in [0.1, 0.15) is 44.7 Å². The minimum atomic E-state index is 0.153. The molecule has 0 spiro atoms. The summed E-state index contributed by atoms with van der Waals surface area (Å²) in [6.45, 7) is 9.74. The second kappa shape index (κ2) is 5.82. The van der Waals surface area contributed by atoms with Crippen molar-refractivity contribution in [3.63, 3.8) is 0 Å². The monoisotopic (exact) mass is 280 g/mol. The van der Waals surface area contributed by atoms with Crippen molar-refractivity contribution in [1.29, 1.82) is 0 Å². The van der Waals surface area contributed by atoms with Gasteiger partial charge in [0.2, 0.25) is 0 Å². The number of halogens is 1. The van der Waals surface area contributed by atoms with Gasteiger partial charge in [-0.2, -0.15) is 0 Å². The molecular weight excluding hydrogens is 256 g/mol. The quantitative estimate of drug-likeness (QED) is 0.897. The first kappa shape index (κ1) is 14.8. The van der Waals surface area contributed by atoms with Crippen LogP contribution in [0.15, 0.2) is 18.2 Å². The van der Waals surface area contributed by atoms with E-state index in [1.165, 1.54) is 11.1 Å². The van der Waals surface area contributed by atoms with E-state index in [0.717, 1.165) is 37.5 Å². The van der Waals surface area contributed by atoms with Crippen LogP contribution >= 0.6 is 11.6 Å². The van der Waals surface area contributed by atoms with Gasteiger partial charge < -0.3 is 5.73 Å². The van der Waals surface area contributed by atoms with Crippen molar-refractivity contribution < 1.29 is 0 Å². The Labute approximate surface area is 121 Å². The number of piperidine rings is 1. The lowest BCUT2D eigenvalue weighted by molar-refractivity contribution is 0.205. The lowest BCUT2D eigenvalue weighted by Gasteiger charge is -2.30. The normalized spacial score (nSPS) is 18.8. The topological polar surface area (TPSA) is 29.3 Å². The van der Waals surface area contributed by atoms with Gasteiger partial charge in [-0.3, -0.25) is 4.90 Å². The van der Waals surface area contributed by atoms with Crippen LogP contribution in [-0.2, 0) is 12.0 Å². The van der Waals surface area contributed by atoms with Crippen LogP contribution in [0.25, 0.3) is 0 Å². The van der Waals surface area contributed by atoms with Crippen LogP contribution in [0.4, 0.5) is 0 Å². The van der Waals surface area contributed by atoms with Crippen LogP contribution in [0.5, 0.6) is 0 Å². The first-order valence-corrected chi connectivity index (χ1v) is 7.51. The maximum Gasteiger partial charge on any atom is 0.0453 e. The average molecular weight is 281 g/mol. The van der Waals surface area contributed by atoms with E-state index in [2.05, 4.69) is 43.9 Å². The molecule has 0 aliphatic carbocycles. The van der Waals surface area contributed by atoms with E-state index in [-0.39, 0.29) is 5.41 Å². The zero-order chi connectivity index (χ0) is 14.0. The van der Waals surface area contributed by atoms with Gasteiger partial charge in [-0.25, -0.2) is 0 Å². The molecule has 0 radical (unpaired) electrons. The van der Waals surface area contributed by atoms with Gasteiger partial charge in [0, 0.05) is 17.6 Å². The predicted molar refractivity (Wildman–Crippen MR) is 82.6 cm³/mol. The minimum absolute atomic E-state index is 0.153. The Morgan fingerprint density at radius 3 is 2.42 bits per heavy atom. The van der Waals surface area contributed by atoms with E-state index >= 15 is 0 Å². The van der Waals surface area contributed by atoms with Gasteiger partial charge in [0.1, 0.15) is 0 Å². The van der Waals surface area contributed by atoms with Gasteiger partial charge in [-0.15, -0.1) is 0 Å². The van der Waals surface area contributed by atoms with Crippen molar-refractivity contribution in [2.75, 3.05) is 13.1 Å². The average Bonchev–Trinajstić information content (AvgIpc) is 2.33. The SMILES string of the molecule is CC(C)(C)c1ccc(CN2CCC(N)CC2)c(Cl)c1. The molecule has 0 bridgehead atoms. The van der Waals surface area contributed by atoms with Gasteiger partial charge in [0.25, 0.3) is 0 Å². The summed E-state index contributed by atoms with van der Waals surface area (Å²) in [6, 6.07) is 6.89. The van der Waals surface area contributed by atoms with Crippen LogP contribution in [0.2, 0.25) is 5.02 Å². The number of nitrogens with two attached hydrogens (primary N) is 1. The lowest BCUT2D eigenvalue weighted by Crippen LogP contribution is -2.39. The Balaban J connectivity index is 2.05. The van der Waals surface area contributed by atoms with Crippen molar-refractivity contribution in [2.45, 2.75) is 51.6 Å². The summed E-state index contributed by atoms with van der Waals surface area (Å²) in [7, 11) is 0. The van der Waals surface area contributed by atoms with Gasteiger partial charge in [0.05, 0.1) is 0 Å². The summed E-state index contributed by atoms with van der Waals surface area (Å²) in [5, 5.41) is 0.891. The van der Waals surface area contributed by atoms with Crippen LogP contribution in [-0.4, -0.2) is 24.0 Å². The van der Waals surface area contributed by atoms with E-state index in [0.29, 0.717) is 6.04 Å². The van der Waals surface area contributed by atoms with Crippen LogP contribution in [0.3, 0.4) is 0 Å². The number of hydrogen-bond acceptors (Lipinski definition) is 2. The molecule has 0 saturated carbocycles. The molecule has 1 aliphatic heterocycles. The molecule has 19 heavy (non-hydrogen) atoms. The number of rotatable bonds is 2. The highest BCUT2D eigenvalue weighted by Crippen LogP contribution is 2.28. The maximum atomic E-state index is 6.43. The predicted octanol–water partition coefficient (Wildman–Crippen LogP) is 3.56. The van der Waals surface area contributed by atoms with Crippen LogP contribution < -0.4 is 5.73 Å². The standard InChI is InChI=1S/C16H25ClN2/c1-16(2,3)13-5-4-12(15(17)10-13)11-19-8-6-14(18)7-9-19/h4-5,10,14H,6-9,11,18H2,1-3H3. The first-order chi connectivity index (χ1) is 8.86. The Morgan fingerprint density at radius 2 is 1.89 bits per heavy atom. The molecular formula is C16H25ClN2. The smallest absolute Gasteiger partial charge is 0.0453 e. The number of hydrogen-bond donors (Lipinski definition) is 1. The summed E-state index contributed by atoms with van der Waals surface area (Å²) in [5.41, 5.74) is 8.61. The molecule has 1 heterocycles. The molecule has 2 N–H and O–H groups in total. The molecule has 0 amide bonds. The minimum Gasteiger partial charge on any atom is -0.328 e. The Hall–Kier alpha value is -0.570. The number of likely N-dealkylation sites (tertiary alicyclic amines) is 1. The molecule has 2 nitrogen and oxygen atoms in total. The van der Waals surface area contributed by atoms with Crippen molar-refractivity contribution in [3.8, 4) is 0 Å².